The zero-order valence-electron chi connectivity index (χ0n) is 12.5. The molecule has 1 amide bonds. The van der Waals surface area contributed by atoms with Crippen molar-refractivity contribution in [1.82, 2.24) is 9.80 Å². The fourth-order valence-electron chi connectivity index (χ4n) is 1.91. The molecule has 0 saturated carbocycles. The van der Waals surface area contributed by atoms with Gasteiger partial charge in [-0.25, -0.2) is 0 Å². The van der Waals surface area contributed by atoms with E-state index >= 15 is 0 Å². The summed E-state index contributed by atoms with van der Waals surface area (Å²) < 4.78 is 0. The summed E-state index contributed by atoms with van der Waals surface area (Å²) in [6.07, 6.45) is 0.785. The van der Waals surface area contributed by atoms with Crippen molar-refractivity contribution in [2.75, 3.05) is 33.7 Å². The van der Waals surface area contributed by atoms with Gasteiger partial charge in [0.05, 0.1) is 4.92 Å². The number of amides is 1. The van der Waals surface area contributed by atoms with Crippen LogP contribution in [0.5, 0.6) is 0 Å². The third-order valence-electron chi connectivity index (χ3n) is 2.98. The van der Waals surface area contributed by atoms with E-state index in [2.05, 4.69) is 0 Å². The van der Waals surface area contributed by atoms with Crippen LogP contribution in [-0.4, -0.2) is 54.4 Å². The lowest BCUT2D eigenvalue weighted by Crippen LogP contribution is -2.37. The van der Waals surface area contributed by atoms with Crippen molar-refractivity contribution >= 4 is 23.2 Å². The van der Waals surface area contributed by atoms with Crippen molar-refractivity contribution in [2.24, 2.45) is 0 Å². The second kappa shape index (κ2) is 7.95. The zero-order chi connectivity index (χ0) is 16.0. The highest BCUT2D eigenvalue weighted by Crippen LogP contribution is 2.24. The highest BCUT2D eigenvalue weighted by molar-refractivity contribution is 6.31. The first-order valence-corrected chi connectivity index (χ1v) is 7.12. The molecule has 6 nitrogen and oxygen atoms in total. The third-order valence-corrected chi connectivity index (χ3v) is 3.22. The molecule has 21 heavy (non-hydrogen) atoms. The number of rotatable bonds is 7. The molecule has 0 heterocycles. The molecule has 0 saturated heterocycles. The van der Waals surface area contributed by atoms with Crippen molar-refractivity contribution < 1.29 is 9.72 Å². The van der Waals surface area contributed by atoms with Crippen LogP contribution in [0.15, 0.2) is 18.2 Å². The Morgan fingerprint density at radius 2 is 1.95 bits per heavy atom. The van der Waals surface area contributed by atoms with Gasteiger partial charge in [-0.1, -0.05) is 18.5 Å². The van der Waals surface area contributed by atoms with Crippen LogP contribution in [-0.2, 0) is 0 Å². The Balaban J connectivity index is 3.07. The van der Waals surface area contributed by atoms with Crippen LogP contribution in [0.2, 0.25) is 5.02 Å². The van der Waals surface area contributed by atoms with E-state index in [1.165, 1.54) is 18.2 Å². The Hall–Kier alpha value is -1.66. The molecule has 7 heteroatoms. The molecule has 1 aromatic rings. The molecule has 116 valence electrons. The molecular formula is C14H20ClN3O3. The first-order valence-electron chi connectivity index (χ1n) is 6.74. The number of hydrogen-bond acceptors (Lipinski definition) is 4. The minimum Gasteiger partial charge on any atom is -0.337 e. The topological polar surface area (TPSA) is 66.7 Å². The predicted octanol–water partition coefficient (Wildman–Crippen LogP) is 2.66. The summed E-state index contributed by atoms with van der Waals surface area (Å²) in [5.74, 6) is -0.354. The Morgan fingerprint density at radius 1 is 1.29 bits per heavy atom. The van der Waals surface area contributed by atoms with Crippen LogP contribution in [0, 0.1) is 10.1 Å². The van der Waals surface area contributed by atoms with Crippen molar-refractivity contribution in [3.63, 3.8) is 0 Å². The lowest BCUT2D eigenvalue weighted by molar-refractivity contribution is -0.385. The lowest BCUT2D eigenvalue weighted by atomic mass is 10.1. The maximum Gasteiger partial charge on any atom is 0.282 e. The highest BCUT2D eigenvalue weighted by Gasteiger charge is 2.24. The molecular weight excluding hydrogens is 294 g/mol. The van der Waals surface area contributed by atoms with E-state index in [0.29, 0.717) is 24.7 Å². The molecule has 0 aliphatic rings. The number of nitro groups is 1. The number of hydrogen-bond donors (Lipinski definition) is 0. The minimum absolute atomic E-state index is 0.0414. The van der Waals surface area contributed by atoms with Gasteiger partial charge in [-0.2, -0.15) is 0 Å². The predicted molar refractivity (Wildman–Crippen MR) is 82.9 cm³/mol. The van der Waals surface area contributed by atoms with Gasteiger partial charge in [0, 0.05) is 30.7 Å². The molecule has 1 rings (SSSR count). The average Bonchev–Trinajstić information content (AvgIpc) is 2.42. The van der Waals surface area contributed by atoms with Gasteiger partial charge in [0.25, 0.3) is 11.6 Å². The molecule has 0 N–H and O–H groups in total. The fourth-order valence-corrected chi connectivity index (χ4v) is 2.09. The molecule has 0 fully saturated rings. The summed E-state index contributed by atoms with van der Waals surface area (Å²) in [6, 6.07) is 4.05. The summed E-state index contributed by atoms with van der Waals surface area (Å²) in [6.45, 7) is 3.72. The van der Waals surface area contributed by atoms with Crippen LogP contribution >= 0.6 is 11.6 Å². The first kappa shape index (κ1) is 17.4. The van der Waals surface area contributed by atoms with Crippen LogP contribution in [0.3, 0.4) is 0 Å². The van der Waals surface area contributed by atoms with E-state index in [-0.39, 0.29) is 17.2 Å². The molecule has 0 aliphatic carbocycles. The van der Waals surface area contributed by atoms with E-state index in [1.807, 2.05) is 25.9 Å². The van der Waals surface area contributed by atoms with Gasteiger partial charge in [-0.3, -0.25) is 14.9 Å². The second-order valence-corrected chi connectivity index (χ2v) is 5.45. The average molecular weight is 314 g/mol. The largest absolute Gasteiger partial charge is 0.337 e. The zero-order valence-corrected chi connectivity index (χ0v) is 13.3. The highest BCUT2D eigenvalue weighted by atomic mass is 35.5. The van der Waals surface area contributed by atoms with Crippen LogP contribution in [0.25, 0.3) is 0 Å². The number of likely N-dealkylation sites (N-methyl/N-ethyl adjacent to an activating group) is 1. The van der Waals surface area contributed by atoms with E-state index in [4.69, 9.17) is 11.6 Å². The van der Waals surface area contributed by atoms with Crippen molar-refractivity contribution in [2.45, 2.75) is 13.3 Å². The van der Waals surface area contributed by atoms with Crippen molar-refractivity contribution in [3.05, 3.63) is 38.9 Å². The molecule has 0 radical (unpaired) electrons. The Kier molecular flexibility index (Phi) is 6.58. The molecule has 1 aromatic carbocycles. The summed E-state index contributed by atoms with van der Waals surface area (Å²) in [5.41, 5.74) is -0.171. The maximum atomic E-state index is 12.6. The van der Waals surface area contributed by atoms with E-state index in [1.54, 1.807) is 4.90 Å². The first-order chi connectivity index (χ1) is 9.86. The van der Waals surface area contributed by atoms with Crippen LogP contribution in [0.4, 0.5) is 5.69 Å². The quantitative estimate of drug-likeness (QED) is 0.573. The van der Waals surface area contributed by atoms with Gasteiger partial charge in [0.1, 0.15) is 5.56 Å². The molecule has 0 bridgehead atoms. The third kappa shape index (κ3) is 4.99. The standard InChI is InChI=1S/C14H20ClN3O3/c1-4-7-17(9-8-16(2)3)14(19)12-10-11(15)5-6-13(12)18(20)21/h5-6,10H,4,7-9H2,1-3H3. The number of carbonyl (C=O) groups is 1. The number of nitro benzene ring substituents is 1. The normalized spacial score (nSPS) is 10.7. The number of halogens is 1. The SMILES string of the molecule is CCCN(CCN(C)C)C(=O)c1cc(Cl)ccc1[N+](=O)[O-]. The lowest BCUT2D eigenvalue weighted by Gasteiger charge is -2.24. The molecule has 0 unspecified atom stereocenters. The number of nitrogens with zero attached hydrogens (tertiary/aromatic N) is 3. The smallest absolute Gasteiger partial charge is 0.282 e. The number of benzene rings is 1. The van der Waals surface area contributed by atoms with Gasteiger partial charge >= 0.3 is 0 Å². The number of carbonyl (C=O) groups excluding carboxylic acids is 1. The van der Waals surface area contributed by atoms with Gasteiger partial charge in [0.15, 0.2) is 0 Å². The summed E-state index contributed by atoms with van der Waals surface area (Å²) in [5, 5.41) is 11.4. The van der Waals surface area contributed by atoms with Gasteiger partial charge < -0.3 is 9.80 Å². The van der Waals surface area contributed by atoms with E-state index in [0.717, 1.165) is 6.42 Å². The fraction of sp³-hybridized carbons (Fsp3) is 0.500. The molecule has 0 spiro atoms. The van der Waals surface area contributed by atoms with E-state index < -0.39 is 4.92 Å². The minimum atomic E-state index is -0.556. The van der Waals surface area contributed by atoms with Crippen LogP contribution < -0.4 is 0 Å². The van der Waals surface area contributed by atoms with Gasteiger partial charge in [-0.15, -0.1) is 0 Å². The Bertz CT molecular complexity index is 520. The molecule has 0 aromatic heterocycles. The second-order valence-electron chi connectivity index (χ2n) is 5.01. The van der Waals surface area contributed by atoms with Gasteiger partial charge in [-0.05, 0) is 32.6 Å². The molecule has 0 atom stereocenters. The summed E-state index contributed by atoms with van der Waals surface area (Å²) in [4.78, 5) is 26.7. The van der Waals surface area contributed by atoms with E-state index in [9.17, 15) is 14.9 Å². The summed E-state index contributed by atoms with van der Waals surface area (Å²) in [7, 11) is 3.83. The Labute approximate surface area is 129 Å². The molecule has 0 aliphatic heterocycles. The van der Waals surface area contributed by atoms with Crippen molar-refractivity contribution in [3.8, 4) is 0 Å². The Morgan fingerprint density at radius 3 is 2.48 bits per heavy atom. The van der Waals surface area contributed by atoms with Crippen LogP contribution in [0.1, 0.15) is 23.7 Å². The monoisotopic (exact) mass is 313 g/mol. The maximum absolute atomic E-state index is 12.6. The van der Waals surface area contributed by atoms with Gasteiger partial charge in [0.2, 0.25) is 0 Å². The summed E-state index contributed by atoms with van der Waals surface area (Å²) >= 11 is 5.87. The van der Waals surface area contributed by atoms with Crippen molar-refractivity contribution in [1.29, 1.82) is 0 Å².